The fourth-order valence-corrected chi connectivity index (χ4v) is 4.12. The zero-order valence-electron chi connectivity index (χ0n) is 14.6. The maximum atomic E-state index is 13.1. The first kappa shape index (κ1) is 15.9. The summed E-state index contributed by atoms with van der Waals surface area (Å²) in [5, 5.41) is 9.28. The largest absolute Gasteiger partial charge is 0.379 e. The molecule has 0 radical (unpaired) electrons. The van der Waals surface area contributed by atoms with Crippen LogP contribution in [0.15, 0.2) is 24.3 Å². The topological polar surface area (TPSA) is 58.3 Å². The van der Waals surface area contributed by atoms with Gasteiger partial charge < -0.3 is 14.2 Å². The molecule has 1 aromatic heterocycles. The van der Waals surface area contributed by atoms with E-state index in [-0.39, 0.29) is 5.91 Å². The lowest BCUT2D eigenvalue weighted by Crippen LogP contribution is -2.26. The summed E-state index contributed by atoms with van der Waals surface area (Å²) in [6.45, 7) is 6.64. The number of amides is 1. The van der Waals surface area contributed by atoms with Crippen molar-refractivity contribution in [2.75, 3.05) is 13.2 Å². The Kier molecular flexibility index (Phi) is 3.85. The lowest BCUT2D eigenvalue weighted by Gasteiger charge is -2.18. The Bertz CT molecular complexity index is 885. The minimum Gasteiger partial charge on any atom is -0.379 e. The molecule has 0 aliphatic carbocycles. The molecular weight excluding hydrogens is 314 g/mol. The van der Waals surface area contributed by atoms with Crippen LogP contribution in [0.4, 0.5) is 0 Å². The minimum absolute atomic E-state index is 0.0401. The Morgan fingerprint density at radius 3 is 2.88 bits per heavy atom. The summed E-state index contributed by atoms with van der Waals surface area (Å²) in [4.78, 5) is 15.0. The smallest absolute Gasteiger partial charge is 0.256 e. The van der Waals surface area contributed by atoms with Gasteiger partial charge in [-0.25, -0.2) is 0 Å². The van der Waals surface area contributed by atoms with Gasteiger partial charge in [0.05, 0.1) is 29.8 Å². The SMILES string of the molecule is Cc1cc(C(=O)N2Cc3cccc(C#N)c3C2)c(C)n1C1CCOC1. The number of nitrogens with zero attached hydrogens (tertiary/aromatic N) is 3. The molecule has 1 fully saturated rings. The average Bonchev–Trinajstić information content (AvgIpc) is 3.32. The summed E-state index contributed by atoms with van der Waals surface area (Å²) in [6, 6.07) is 10.3. The first-order valence-electron chi connectivity index (χ1n) is 8.66. The summed E-state index contributed by atoms with van der Waals surface area (Å²) in [5.41, 5.74) is 5.60. The molecule has 5 heteroatoms. The van der Waals surface area contributed by atoms with Crippen molar-refractivity contribution < 1.29 is 9.53 Å². The Morgan fingerprint density at radius 1 is 1.32 bits per heavy atom. The van der Waals surface area contributed by atoms with Crippen molar-refractivity contribution in [3.8, 4) is 6.07 Å². The van der Waals surface area contributed by atoms with Gasteiger partial charge in [0.2, 0.25) is 0 Å². The van der Waals surface area contributed by atoms with E-state index in [1.165, 1.54) is 0 Å². The third kappa shape index (κ3) is 2.54. The van der Waals surface area contributed by atoms with Gasteiger partial charge in [0.25, 0.3) is 5.91 Å². The van der Waals surface area contributed by atoms with Crippen LogP contribution in [0.2, 0.25) is 0 Å². The second kappa shape index (κ2) is 6.05. The van der Waals surface area contributed by atoms with Gasteiger partial charge in [0.15, 0.2) is 0 Å². The number of fused-ring (bicyclic) bond motifs is 1. The monoisotopic (exact) mass is 335 g/mol. The molecule has 0 saturated carbocycles. The molecule has 2 aliphatic heterocycles. The Hall–Kier alpha value is -2.58. The van der Waals surface area contributed by atoms with Gasteiger partial charge in [0, 0.05) is 31.1 Å². The molecule has 3 heterocycles. The van der Waals surface area contributed by atoms with E-state index in [1.54, 1.807) is 0 Å². The number of aromatic nitrogens is 1. The minimum atomic E-state index is 0.0401. The highest BCUT2D eigenvalue weighted by Gasteiger charge is 2.30. The molecule has 0 spiro atoms. The first-order valence-corrected chi connectivity index (χ1v) is 8.66. The van der Waals surface area contributed by atoms with Crippen LogP contribution >= 0.6 is 0 Å². The first-order chi connectivity index (χ1) is 12.1. The van der Waals surface area contributed by atoms with Gasteiger partial charge in [-0.05, 0) is 43.5 Å². The summed E-state index contributed by atoms with van der Waals surface area (Å²) in [6.07, 6.45) is 0.991. The van der Waals surface area contributed by atoms with E-state index >= 15 is 0 Å². The van der Waals surface area contributed by atoms with E-state index in [0.29, 0.717) is 31.3 Å². The molecule has 5 nitrogen and oxygen atoms in total. The number of carbonyl (C=O) groups excluding carboxylic acids is 1. The van der Waals surface area contributed by atoms with E-state index < -0.39 is 0 Å². The maximum absolute atomic E-state index is 13.1. The standard InChI is InChI=1S/C20H21N3O2/c1-13-8-18(14(2)23(13)17-6-7-25-12-17)20(24)22-10-16-5-3-4-15(9-21)19(16)11-22/h3-5,8,17H,6-7,10-12H2,1-2H3. The Balaban J connectivity index is 1.63. The summed E-state index contributed by atoms with van der Waals surface area (Å²) >= 11 is 0. The zero-order valence-corrected chi connectivity index (χ0v) is 14.6. The Labute approximate surface area is 147 Å². The predicted octanol–water partition coefficient (Wildman–Crippen LogP) is 3.09. The number of ether oxygens (including phenoxy) is 1. The quantitative estimate of drug-likeness (QED) is 0.847. The highest BCUT2D eigenvalue weighted by atomic mass is 16.5. The molecule has 4 rings (SSSR count). The molecule has 1 aromatic carbocycles. The molecule has 128 valence electrons. The molecule has 2 aromatic rings. The number of nitriles is 1. The highest BCUT2D eigenvalue weighted by Crippen LogP contribution is 2.30. The molecule has 0 bridgehead atoms. The summed E-state index contributed by atoms with van der Waals surface area (Å²) in [5.74, 6) is 0.0401. The van der Waals surface area contributed by atoms with Crippen molar-refractivity contribution >= 4 is 5.91 Å². The number of aryl methyl sites for hydroxylation is 1. The van der Waals surface area contributed by atoms with Crippen LogP contribution in [0, 0.1) is 25.2 Å². The van der Waals surface area contributed by atoms with Crippen LogP contribution in [0.5, 0.6) is 0 Å². The Morgan fingerprint density at radius 2 is 2.16 bits per heavy atom. The molecule has 2 aliphatic rings. The van der Waals surface area contributed by atoms with Crippen LogP contribution in [0.25, 0.3) is 0 Å². The fraction of sp³-hybridized carbons (Fsp3) is 0.400. The van der Waals surface area contributed by atoms with E-state index in [1.807, 2.05) is 36.1 Å². The second-order valence-corrected chi connectivity index (χ2v) is 6.89. The molecule has 1 saturated heterocycles. The van der Waals surface area contributed by atoms with Crippen molar-refractivity contribution in [1.82, 2.24) is 9.47 Å². The number of rotatable bonds is 2. The van der Waals surface area contributed by atoms with Crippen LogP contribution in [0.3, 0.4) is 0 Å². The van der Waals surface area contributed by atoms with Crippen molar-refractivity contribution in [2.24, 2.45) is 0 Å². The van der Waals surface area contributed by atoms with Gasteiger partial charge in [0.1, 0.15) is 0 Å². The zero-order chi connectivity index (χ0) is 17.6. The van der Waals surface area contributed by atoms with Crippen molar-refractivity contribution in [3.05, 3.63) is 57.9 Å². The normalized spacial score (nSPS) is 19.1. The molecule has 25 heavy (non-hydrogen) atoms. The third-order valence-electron chi connectivity index (χ3n) is 5.38. The predicted molar refractivity (Wildman–Crippen MR) is 93.1 cm³/mol. The number of hydrogen-bond donors (Lipinski definition) is 0. The van der Waals surface area contributed by atoms with E-state index in [2.05, 4.69) is 17.6 Å². The maximum Gasteiger partial charge on any atom is 0.256 e. The molecule has 1 atom stereocenters. The van der Waals surface area contributed by atoms with Crippen LogP contribution in [-0.2, 0) is 17.8 Å². The molecule has 1 amide bonds. The lowest BCUT2D eigenvalue weighted by atomic mass is 10.1. The number of carbonyl (C=O) groups is 1. The average molecular weight is 335 g/mol. The van der Waals surface area contributed by atoms with Gasteiger partial charge in [-0.1, -0.05) is 12.1 Å². The lowest BCUT2D eigenvalue weighted by molar-refractivity contribution is 0.0750. The van der Waals surface area contributed by atoms with Gasteiger partial charge in [-0.15, -0.1) is 0 Å². The third-order valence-corrected chi connectivity index (χ3v) is 5.38. The number of hydrogen-bond acceptors (Lipinski definition) is 3. The van der Waals surface area contributed by atoms with Gasteiger partial charge >= 0.3 is 0 Å². The van der Waals surface area contributed by atoms with E-state index in [9.17, 15) is 10.1 Å². The van der Waals surface area contributed by atoms with Crippen LogP contribution in [-0.4, -0.2) is 28.6 Å². The molecule has 1 unspecified atom stereocenters. The highest BCUT2D eigenvalue weighted by molar-refractivity contribution is 5.96. The van der Waals surface area contributed by atoms with E-state index in [0.717, 1.165) is 41.1 Å². The van der Waals surface area contributed by atoms with Crippen molar-refractivity contribution in [2.45, 2.75) is 39.4 Å². The number of benzene rings is 1. The fourth-order valence-electron chi connectivity index (χ4n) is 4.12. The van der Waals surface area contributed by atoms with Gasteiger partial charge in [-0.3, -0.25) is 4.79 Å². The molecule has 0 N–H and O–H groups in total. The second-order valence-electron chi connectivity index (χ2n) is 6.89. The molecular formula is C20H21N3O2. The van der Waals surface area contributed by atoms with Crippen molar-refractivity contribution in [1.29, 1.82) is 5.26 Å². The van der Waals surface area contributed by atoms with Crippen molar-refractivity contribution in [3.63, 3.8) is 0 Å². The van der Waals surface area contributed by atoms with Crippen LogP contribution in [0.1, 0.15) is 50.9 Å². The van der Waals surface area contributed by atoms with Crippen LogP contribution < -0.4 is 0 Å². The summed E-state index contributed by atoms with van der Waals surface area (Å²) in [7, 11) is 0. The van der Waals surface area contributed by atoms with Gasteiger partial charge in [-0.2, -0.15) is 5.26 Å². The summed E-state index contributed by atoms with van der Waals surface area (Å²) < 4.78 is 7.75. The van der Waals surface area contributed by atoms with E-state index in [4.69, 9.17) is 4.74 Å².